The van der Waals surface area contributed by atoms with Gasteiger partial charge in [-0.3, -0.25) is 0 Å². The zero-order chi connectivity index (χ0) is 17.8. The van der Waals surface area contributed by atoms with Crippen molar-refractivity contribution >= 4 is 23.2 Å². The summed E-state index contributed by atoms with van der Waals surface area (Å²) in [4.78, 5) is 0. The van der Waals surface area contributed by atoms with Gasteiger partial charge in [-0.15, -0.1) is 0 Å². The summed E-state index contributed by atoms with van der Waals surface area (Å²) >= 11 is 0. The van der Waals surface area contributed by atoms with Gasteiger partial charge in [0.25, 0.3) is 0 Å². The Morgan fingerprint density at radius 1 is 0.462 bits per heavy atom. The average Bonchev–Trinajstić information content (AvgIpc) is 2.75. The van der Waals surface area contributed by atoms with Crippen molar-refractivity contribution in [2.45, 2.75) is 0 Å². The summed E-state index contributed by atoms with van der Waals surface area (Å²) in [5.74, 6) is 0. The molecule has 4 aromatic carbocycles. The minimum absolute atomic E-state index is 1.28. The SMILES string of the molecule is C[P+](c1ccccc1)(c1ccccc1)c1ccccc1-c1ccccc1. The molecule has 0 fully saturated rings. The first-order chi connectivity index (χ1) is 12.8. The molecule has 4 rings (SSSR count). The first kappa shape index (κ1) is 16.8. The lowest BCUT2D eigenvalue weighted by Gasteiger charge is -2.25. The summed E-state index contributed by atoms with van der Waals surface area (Å²) in [7, 11) is -1.73. The van der Waals surface area contributed by atoms with Crippen LogP contribution in [0.1, 0.15) is 0 Å². The highest BCUT2D eigenvalue weighted by Gasteiger charge is 2.41. The Morgan fingerprint density at radius 3 is 1.42 bits per heavy atom. The molecule has 0 N–H and O–H groups in total. The maximum atomic E-state index is 2.44. The second-order valence-electron chi connectivity index (χ2n) is 6.56. The van der Waals surface area contributed by atoms with Gasteiger partial charge >= 0.3 is 0 Å². The maximum absolute atomic E-state index is 2.44. The molecule has 0 unspecified atom stereocenters. The number of benzene rings is 4. The summed E-state index contributed by atoms with van der Waals surface area (Å²) in [6.07, 6.45) is 0. The van der Waals surface area contributed by atoms with Gasteiger partial charge in [0.05, 0.1) is 6.66 Å². The average molecular weight is 353 g/mol. The second kappa shape index (κ2) is 7.28. The monoisotopic (exact) mass is 353 g/mol. The lowest BCUT2D eigenvalue weighted by atomic mass is 10.1. The van der Waals surface area contributed by atoms with Crippen LogP contribution < -0.4 is 15.9 Å². The van der Waals surface area contributed by atoms with Crippen LogP contribution in [-0.2, 0) is 0 Å². The van der Waals surface area contributed by atoms with Gasteiger partial charge in [-0.05, 0) is 35.9 Å². The molecule has 4 aromatic rings. The van der Waals surface area contributed by atoms with Crippen LogP contribution in [0, 0.1) is 0 Å². The first-order valence-electron chi connectivity index (χ1n) is 8.93. The Bertz CT molecular complexity index is 937. The van der Waals surface area contributed by atoms with E-state index in [9.17, 15) is 0 Å². The first-order valence-corrected chi connectivity index (χ1v) is 11.2. The highest BCUT2D eigenvalue weighted by atomic mass is 31.2. The Hall–Kier alpha value is -2.69. The molecule has 0 aliphatic carbocycles. The third-order valence-electron chi connectivity index (χ3n) is 5.02. The molecule has 0 spiro atoms. The van der Waals surface area contributed by atoms with E-state index in [1.165, 1.54) is 27.0 Å². The Balaban J connectivity index is 2.01. The van der Waals surface area contributed by atoms with Crippen LogP contribution in [0.3, 0.4) is 0 Å². The topological polar surface area (TPSA) is 0 Å². The van der Waals surface area contributed by atoms with Gasteiger partial charge in [0.2, 0.25) is 0 Å². The van der Waals surface area contributed by atoms with Gasteiger partial charge in [0.15, 0.2) is 0 Å². The molecule has 26 heavy (non-hydrogen) atoms. The van der Waals surface area contributed by atoms with Gasteiger partial charge in [-0.25, -0.2) is 0 Å². The minimum atomic E-state index is -1.73. The van der Waals surface area contributed by atoms with E-state index in [1.807, 2.05) is 0 Å². The molecule has 1 heteroatoms. The molecule has 0 aliphatic rings. The zero-order valence-corrected chi connectivity index (χ0v) is 15.8. The Labute approximate surface area is 156 Å². The minimum Gasteiger partial charge on any atom is -0.0622 e. The van der Waals surface area contributed by atoms with E-state index in [2.05, 4.69) is 122 Å². The molecule has 0 saturated carbocycles. The van der Waals surface area contributed by atoms with Crippen LogP contribution >= 0.6 is 7.26 Å². The van der Waals surface area contributed by atoms with E-state index >= 15 is 0 Å². The highest BCUT2D eigenvalue weighted by Crippen LogP contribution is 2.53. The fraction of sp³-hybridized carbons (Fsp3) is 0.0400. The number of rotatable bonds is 4. The predicted molar refractivity (Wildman–Crippen MR) is 117 cm³/mol. The maximum Gasteiger partial charge on any atom is 0.112 e. The molecular formula is C25H22P+. The fourth-order valence-corrected chi connectivity index (χ4v) is 7.07. The van der Waals surface area contributed by atoms with E-state index in [1.54, 1.807) is 0 Å². The second-order valence-corrected chi connectivity index (χ2v) is 10.1. The van der Waals surface area contributed by atoms with Gasteiger partial charge in [-0.1, -0.05) is 84.9 Å². The molecule has 0 radical (unpaired) electrons. The molecule has 0 aromatic heterocycles. The lowest BCUT2D eigenvalue weighted by Crippen LogP contribution is -2.31. The normalized spacial score (nSPS) is 11.3. The van der Waals surface area contributed by atoms with E-state index in [0.29, 0.717) is 0 Å². The predicted octanol–water partition coefficient (Wildman–Crippen LogP) is 5.28. The Kier molecular flexibility index (Phi) is 4.69. The molecule has 0 amide bonds. The van der Waals surface area contributed by atoms with E-state index < -0.39 is 7.26 Å². The van der Waals surface area contributed by atoms with E-state index in [4.69, 9.17) is 0 Å². The van der Waals surface area contributed by atoms with Crippen molar-refractivity contribution < 1.29 is 0 Å². The third-order valence-corrected chi connectivity index (χ3v) is 9.03. The third kappa shape index (κ3) is 2.98. The van der Waals surface area contributed by atoms with Crippen molar-refractivity contribution in [3.8, 4) is 11.1 Å². The lowest BCUT2D eigenvalue weighted by molar-refractivity contribution is 1.64. The van der Waals surface area contributed by atoms with E-state index in [-0.39, 0.29) is 0 Å². The van der Waals surface area contributed by atoms with Crippen molar-refractivity contribution in [1.82, 2.24) is 0 Å². The summed E-state index contributed by atoms with van der Waals surface area (Å²) in [5.41, 5.74) is 2.61. The molecule has 0 atom stereocenters. The zero-order valence-electron chi connectivity index (χ0n) is 14.9. The Morgan fingerprint density at radius 2 is 0.885 bits per heavy atom. The highest BCUT2D eigenvalue weighted by molar-refractivity contribution is 7.95. The van der Waals surface area contributed by atoms with Crippen molar-refractivity contribution in [2.75, 3.05) is 6.66 Å². The summed E-state index contributed by atoms with van der Waals surface area (Å²) in [6, 6.07) is 41.6. The van der Waals surface area contributed by atoms with Gasteiger partial charge in [0, 0.05) is 5.56 Å². The molecule has 0 aliphatic heterocycles. The van der Waals surface area contributed by atoms with Gasteiger partial charge in [0.1, 0.15) is 23.2 Å². The van der Waals surface area contributed by atoms with Crippen LogP contribution in [0.2, 0.25) is 0 Å². The summed E-state index contributed by atoms with van der Waals surface area (Å²) in [5, 5.41) is 4.26. The quantitative estimate of drug-likeness (QED) is 0.438. The molecular weight excluding hydrogens is 331 g/mol. The van der Waals surface area contributed by atoms with Gasteiger partial charge in [-0.2, -0.15) is 0 Å². The standard InChI is InChI=1S/C25H22P/c1-26(22-15-7-3-8-16-22,23-17-9-4-10-18-23)25-20-12-11-19-24(25)21-13-5-2-6-14-21/h2-20H,1H3/q+1. The summed E-state index contributed by atoms with van der Waals surface area (Å²) < 4.78 is 0. The van der Waals surface area contributed by atoms with Gasteiger partial charge < -0.3 is 0 Å². The summed E-state index contributed by atoms with van der Waals surface area (Å²) in [6.45, 7) is 2.44. The number of hydrogen-bond donors (Lipinski definition) is 0. The molecule has 0 bridgehead atoms. The fourth-order valence-electron chi connectivity index (χ4n) is 3.60. The van der Waals surface area contributed by atoms with Crippen LogP contribution in [0.5, 0.6) is 0 Å². The van der Waals surface area contributed by atoms with Crippen LogP contribution in [0.25, 0.3) is 11.1 Å². The smallest absolute Gasteiger partial charge is 0.0622 e. The van der Waals surface area contributed by atoms with Crippen molar-refractivity contribution in [3.63, 3.8) is 0 Å². The molecule has 0 nitrogen and oxygen atoms in total. The van der Waals surface area contributed by atoms with Crippen molar-refractivity contribution in [2.24, 2.45) is 0 Å². The molecule has 126 valence electrons. The van der Waals surface area contributed by atoms with Crippen LogP contribution in [0.4, 0.5) is 0 Å². The van der Waals surface area contributed by atoms with Crippen LogP contribution in [0.15, 0.2) is 115 Å². The molecule has 0 heterocycles. The number of hydrogen-bond acceptors (Lipinski definition) is 0. The largest absolute Gasteiger partial charge is 0.112 e. The molecule has 0 saturated heterocycles. The van der Waals surface area contributed by atoms with Crippen molar-refractivity contribution in [1.29, 1.82) is 0 Å². The van der Waals surface area contributed by atoms with Crippen molar-refractivity contribution in [3.05, 3.63) is 115 Å². The van der Waals surface area contributed by atoms with Crippen LogP contribution in [-0.4, -0.2) is 6.66 Å². The van der Waals surface area contributed by atoms with E-state index in [0.717, 1.165) is 0 Å².